The smallest absolute Gasteiger partial charge is 0.0930 e. The van der Waals surface area contributed by atoms with Gasteiger partial charge in [0.05, 0.1) is 10.7 Å². The number of hydrogen-bond donors (Lipinski definition) is 0. The fourth-order valence-corrected chi connectivity index (χ4v) is 2.68. The van der Waals surface area contributed by atoms with Crippen LogP contribution >= 0.6 is 11.3 Å². The molecule has 0 bridgehead atoms. The highest BCUT2D eigenvalue weighted by Gasteiger charge is 2.04. The van der Waals surface area contributed by atoms with Crippen molar-refractivity contribution in [3.8, 4) is 0 Å². The fourth-order valence-electron chi connectivity index (χ4n) is 1.63. The van der Waals surface area contributed by atoms with Crippen molar-refractivity contribution in [3.63, 3.8) is 0 Å². The quantitative estimate of drug-likeness (QED) is 0.645. The van der Waals surface area contributed by atoms with Gasteiger partial charge in [-0.1, -0.05) is 33.1 Å². The summed E-state index contributed by atoms with van der Waals surface area (Å²) in [5.41, 5.74) is 1.25. The van der Waals surface area contributed by atoms with Gasteiger partial charge in [-0.15, -0.1) is 11.3 Å². The van der Waals surface area contributed by atoms with E-state index in [-0.39, 0.29) is 0 Å². The Morgan fingerprint density at radius 3 is 2.50 bits per heavy atom. The maximum atomic E-state index is 4.60. The summed E-state index contributed by atoms with van der Waals surface area (Å²) in [6.07, 6.45) is 7.67. The van der Waals surface area contributed by atoms with Crippen molar-refractivity contribution in [2.45, 2.75) is 59.3 Å². The van der Waals surface area contributed by atoms with E-state index in [1.165, 1.54) is 47.7 Å². The minimum atomic E-state index is 1.14. The van der Waals surface area contributed by atoms with E-state index in [0.29, 0.717) is 0 Å². The molecular weight excluding hydrogens is 190 g/mol. The van der Waals surface area contributed by atoms with Gasteiger partial charge in [-0.3, -0.25) is 0 Å². The molecule has 0 spiro atoms. The van der Waals surface area contributed by atoms with E-state index in [4.69, 9.17) is 0 Å². The zero-order valence-electron chi connectivity index (χ0n) is 9.60. The second-order valence-electron chi connectivity index (χ2n) is 3.78. The minimum absolute atomic E-state index is 1.14. The standard InChI is InChI=1S/C12H21NS/c1-4-6-7-8-9-12-13-10(3)11(5-2)14-12/h4-9H2,1-3H3. The molecule has 0 aliphatic heterocycles. The first-order valence-electron chi connectivity index (χ1n) is 5.73. The molecule has 1 heterocycles. The lowest BCUT2D eigenvalue weighted by atomic mass is 10.2. The average Bonchev–Trinajstić information content (AvgIpc) is 2.54. The number of aromatic nitrogens is 1. The number of aryl methyl sites for hydroxylation is 3. The topological polar surface area (TPSA) is 12.9 Å². The lowest BCUT2D eigenvalue weighted by Gasteiger charge is -1.95. The molecule has 0 unspecified atom stereocenters. The van der Waals surface area contributed by atoms with Crippen LogP contribution < -0.4 is 0 Å². The first-order chi connectivity index (χ1) is 6.77. The van der Waals surface area contributed by atoms with E-state index >= 15 is 0 Å². The van der Waals surface area contributed by atoms with Crippen LogP contribution in [0.2, 0.25) is 0 Å². The molecule has 1 aromatic heterocycles. The molecule has 0 aliphatic carbocycles. The Morgan fingerprint density at radius 1 is 1.14 bits per heavy atom. The zero-order valence-corrected chi connectivity index (χ0v) is 10.4. The lowest BCUT2D eigenvalue weighted by Crippen LogP contribution is -1.84. The Kier molecular flexibility index (Phi) is 5.16. The Morgan fingerprint density at radius 2 is 1.93 bits per heavy atom. The fraction of sp³-hybridized carbons (Fsp3) is 0.750. The third-order valence-corrected chi connectivity index (χ3v) is 3.86. The number of hydrogen-bond acceptors (Lipinski definition) is 2. The molecule has 0 radical (unpaired) electrons. The van der Waals surface area contributed by atoms with Crippen LogP contribution in [0.5, 0.6) is 0 Å². The van der Waals surface area contributed by atoms with E-state index in [9.17, 15) is 0 Å². The third-order valence-electron chi connectivity index (χ3n) is 2.50. The molecule has 0 saturated carbocycles. The van der Waals surface area contributed by atoms with Gasteiger partial charge in [-0.25, -0.2) is 4.98 Å². The van der Waals surface area contributed by atoms with Crippen LogP contribution in [0, 0.1) is 6.92 Å². The van der Waals surface area contributed by atoms with Crippen molar-refractivity contribution >= 4 is 11.3 Å². The molecule has 0 saturated heterocycles. The summed E-state index contributed by atoms with van der Waals surface area (Å²) in [5, 5.41) is 1.34. The van der Waals surface area contributed by atoms with Crippen molar-refractivity contribution in [1.29, 1.82) is 0 Å². The number of nitrogens with zero attached hydrogens (tertiary/aromatic N) is 1. The Hall–Kier alpha value is -0.370. The summed E-state index contributed by atoms with van der Waals surface area (Å²) >= 11 is 1.91. The molecule has 0 atom stereocenters. The number of unbranched alkanes of at least 4 members (excludes halogenated alkanes) is 3. The van der Waals surface area contributed by atoms with Gasteiger partial charge in [-0.05, 0) is 26.2 Å². The summed E-state index contributed by atoms with van der Waals surface area (Å²) < 4.78 is 0. The van der Waals surface area contributed by atoms with Gasteiger partial charge < -0.3 is 0 Å². The van der Waals surface area contributed by atoms with Crippen LogP contribution in [0.15, 0.2) is 0 Å². The normalized spacial score (nSPS) is 10.8. The van der Waals surface area contributed by atoms with Crippen LogP contribution in [0.25, 0.3) is 0 Å². The molecule has 80 valence electrons. The molecule has 1 aromatic rings. The second-order valence-corrected chi connectivity index (χ2v) is 4.95. The second kappa shape index (κ2) is 6.18. The van der Waals surface area contributed by atoms with E-state index in [2.05, 4.69) is 25.8 Å². The van der Waals surface area contributed by atoms with Gasteiger partial charge in [0.1, 0.15) is 0 Å². The van der Waals surface area contributed by atoms with Gasteiger partial charge in [0.15, 0.2) is 0 Å². The zero-order chi connectivity index (χ0) is 10.4. The first kappa shape index (κ1) is 11.7. The molecule has 2 heteroatoms. The SMILES string of the molecule is CCCCCCc1nc(C)c(CC)s1. The predicted octanol–water partition coefficient (Wildman–Crippen LogP) is 4.14. The molecule has 0 fully saturated rings. The summed E-state index contributed by atoms with van der Waals surface area (Å²) in [6, 6.07) is 0. The van der Waals surface area contributed by atoms with Crippen molar-refractivity contribution in [1.82, 2.24) is 4.98 Å². The lowest BCUT2D eigenvalue weighted by molar-refractivity contribution is 0.665. The Balaban J connectivity index is 2.35. The highest BCUT2D eigenvalue weighted by Crippen LogP contribution is 2.20. The largest absolute Gasteiger partial charge is 0.246 e. The molecule has 1 rings (SSSR count). The summed E-state index contributed by atoms with van der Waals surface area (Å²) in [5.74, 6) is 0. The summed E-state index contributed by atoms with van der Waals surface area (Å²) in [7, 11) is 0. The van der Waals surface area contributed by atoms with Crippen LogP contribution in [0.4, 0.5) is 0 Å². The molecule has 0 N–H and O–H groups in total. The first-order valence-corrected chi connectivity index (χ1v) is 6.54. The monoisotopic (exact) mass is 211 g/mol. The van der Waals surface area contributed by atoms with Crippen LogP contribution in [-0.2, 0) is 12.8 Å². The van der Waals surface area contributed by atoms with Gasteiger partial charge in [0.2, 0.25) is 0 Å². The van der Waals surface area contributed by atoms with Crippen LogP contribution in [-0.4, -0.2) is 4.98 Å². The van der Waals surface area contributed by atoms with Gasteiger partial charge in [-0.2, -0.15) is 0 Å². The van der Waals surface area contributed by atoms with Crippen LogP contribution in [0.3, 0.4) is 0 Å². The highest BCUT2D eigenvalue weighted by atomic mass is 32.1. The van der Waals surface area contributed by atoms with Gasteiger partial charge >= 0.3 is 0 Å². The maximum Gasteiger partial charge on any atom is 0.0930 e. The van der Waals surface area contributed by atoms with E-state index < -0.39 is 0 Å². The number of rotatable bonds is 6. The molecule has 1 nitrogen and oxygen atoms in total. The molecule has 0 aliphatic rings. The van der Waals surface area contributed by atoms with E-state index in [0.717, 1.165) is 6.42 Å². The van der Waals surface area contributed by atoms with Gasteiger partial charge in [0, 0.05) is 4.88 Å². The minimum Gasteiger partial charge on any atom is -0.246 e. The van der Waals surface area contributed by atoms with Crippen molar-refractivity contribution in [2.24, 2.45) is 0 Å². The van der Waals surface area contributed by atoms with E-state index in [1.807, 2.05) is 11.3 Å². The average molecular weight is 211 g/mol. The van der Waals surface area contributed by atoms with Crippen LogP contribution in [0.1, 0.15) is 55.1 Å². The van der Waals surface area contributed by atoms with Crippen molar-refractivity contribution < 1.29 is 0 Å². The molecule has 0 aromatic carbocycles. The Bertz CT molecular complexity index is 265. The predicted molar refractivity (Wildman–Crippen MR) is 64.1 cm³/mol. The maximum absolute atomic E-state index is 4.60. The third kappa shape index (κ3) is 3.41. The molecular formula is C12H21NS. The summed E-state index contributed by atoms with van der Waals surface area (Å²) in [6.45, 7) is 6.59. The van der Waals surface area contributed by atoms with E-state index in [1.54, 1.807) is 0 Å². The van der Waals surface area contributed by atoms with Crippen molar-refractivity contribution in [2.75, 3.05) is 0 Å². The number of thiazole rings is 1. The molecule has 0 amide bonds. The van der Waals surface area contributed by atoms with Gasteiger partial charge in [0.25, 0.3) is 0 Å². The van der Waals surface area contributed by atoms with Crippen molar-refractivity contribution in [3.05, 3.63) is 15.6 Å². The Labute approximate surface area is 91.6 Å². The highest BCUT2D eigenvalue weighted by molar-refractivity contribution is 7.11. The molecule has 14 heavy (non-hydrogen) atoms. The summed E-state index contributed by atoms with van der Waals surface area (Å²) in [4.78, 5) is 6.07.